The Morgan fingerprint density at radius 3 is 2.87 bits per heavy atom. The molecule has 6 heteroatoms. The van der Waals surface area contributed by atoms with Crippen molar-refractivity contribution in [3.63, 3.8) is 0 Å². The van der Waals surface area contributed by atoms with Crippen LogP contribution in [0.2, 0.25) is 0 Å². The van der Waals surface area contributed by atoms with Gasteiger partial charge in [0.05, 0.1) is 17.9 Å². The summed E-state index contributed by atoms with van der Waals surface area (Å²) in [6.07, 6.45) is 7.92. The number of para-hydroxylation sites is 1. The fraction of sp³-hybridized carbons (Fsp3) is 0.412. The highest BCUT2D eigenvalue weighted by atomic mass is 35.5. The summed E-state index contributed by atoms with van der Waals surface area (Å²) in [6.45, 7) is 1.60. The Morgan fingerprint density at radius 2 is 2.13 bits per heavy atom. The average molecular weight is 335 g/mol. The number of carbonyl (C=O) groups excluding carboxylic acids is 1. The Kier molecular flexibility index (Phi) is 6.62. The molecule has 23 heavy (non-hydrogen) atoms. The monoisotopic (exact) mass is 334 g/mol. The van der Waals surface area contributed by atoms with E-state index < -0.39 is 0 Å². The van der Waals surface area contributed by atoms with Gasteiger partial charge < -0.3 is 10.6 Å². The zero-order valence-electron chi connectivity index (χ0n) is 13.1. The van der Waals surface area contributed by atoms with Gasteiger partial charge in [-0.2, -0.15) is 5.10 Å². The molecule has 2 heterocycles. The van der Waals surface area contributed by atoms with Gasteiger partial charge in [-0.1, -0.05) is 24.6 Å². The number of aromatic nitrogens is 2. The van der Waals surface area contributed by atoms with E-state index in [1.54, 1.807) is 0 Å². The third kappa shape index (κ3) is 4.81. The van der Waals surface area contributed by atoms with Gasteiger partial charge in [0.25, 0.3) is 0 Å². The summed E-state index contributed by atoms with van der Waals surface area (Å²) in [6, 6.07) is 10.0. The van der Waals surface area contributed by atoms with Crippen LogP contribution >= 0.6 is 12.4 Å². The van der Waals surface area contributed by atoms with E-state index >= 15 is 0 Å². The molecule has 1 fully saturated rings. The summed E-state index contributed by atoms with van der Waals surface area (Å²) in [4.78, 5) is 12.0. The van der Waals surface area contributed by atoms with Crippen molar-refractivity contribution >= 4 is 18.3 Å². The number of amides is 1. The normalized spacial score (nSPS) is 17.3. The van der Waals surface area contributed by atoms with Crippen LogP contribution in [0.1, 0.15) is 24.8 Å². The molecule has 1 amide bonds. The second-order valence-electron chi connectivity index (χ2n) is 5.67. The molecule has 2 aromatic rings. The molecule has 1 aliphatic heterocycles. The lowest BCUT2D eigenvalue weighted by Gasteiger charge is -2.22. The maximum Gasteiger partial charge on any atom is 0.237 e. The molecule has 0 radical (unpaired) electrons. The molecule has 5 nitrogen and oxygen atoms in total. The lowest BCUT2D eigenvalue weighted by molar-refractivity contribution is -0.123. The Morgan fingerprint density at radius 1 is 1.30 bits per heavy atom. The Balaban J connectivity index is 0.00000192. The minimum atomic E-state index is -0.0132. The van der Waals surface area contributed by atoms with E-state index in [0.29, 0.717) is 6.54 Å². The second-order valence-corrected chi connectivity index (χ2v) is 5.67. The average Bonchev–Trinajstić information content (AvgIpc) is 3.05. The Labute approximate surface area is 142 Å². The minimum Gasteiger partial charge on any atom is -0.354 e. The van der Waals surface area contributed by atoms with Gasteiger partial charge in [0.1, 0.15) is 0 Å². The van der Waals surface area contributed by atoms with Crippen LogP contribution in [-0.4, -0.2) is 34.8 Å². The van der Waals surface area contributed by atoms with Crippen LogP contribution in [0, 0.1) is 0 Å². The van der Waals surface area contributed by atoms with E-state index in [1.165, 1.54) is 6.42 Å². The first-order valence-corrected chi connectivity index (χ1v) is 7.93. The van der Waals surface area contributed by atoms with Crippen LogP contribution < -0.4 is 10.6 Å². The molecule has 1 aromatic heterocycles. The van der Waals surface area contributed by atoms with Crippen molar-refractivity contribution < 1.29 is 4.79 Å². The number of hydrogen-bond donors (Lipinski definition) is 2. The molecular weight excluding hydrogens is 312 g/mol. The number of rotatable bonds is 5. The highest BCUT2D eigenvalue weighted by molar-refractivity contribution is 5.85. The number of nitrogens with zero attached hydrogens (tertiary/aromatic N) is 2. The van der Waals surface area contributed by atoms with Gasteiger partial charge in [-0.05, 0) is 43.5 Å². The first-order valence-electron chi connectivity index (χ1n) is 7.93. The van der Waals surface area contributed by atoms with E-state index in [9.17, 15) is 4.79 Å². The van der Waals surface area contributed by atoms with E-state index in [1.807, 2.05) is 47.4 Å². The second kappa shape index (κ2) is 8.70. The highest BCUT2D eigenvalue weighted by Crippen LogP contribution is 2.09. The molecule has 2 N–H and O–H groups in total. The van der Waals surface area contributed by atoms with Crippen LogP contribution in [0.5, 0.6) is 0 Å². The van der Waals surface area contributed by atoms with Gasteiger partial charge in [0.2, 0.25) is 5.91 Å². The predicted molar refractivity (Wildman–Crippen MR) is 93.2 cm³/mol. The standard InChI is InChI=1S/C17H22N4O.ClH/c22-17(16-8-4-5-10-18-16)19-11-9-14-12-20-21(13-14)15-6-2-1-3-7-15;/h1-3,6-7,12-13,16,18H,4-5,8-11H2,(H,19,22);1H. The van der Waals surface area contributed by atoms with Gasteiger partial charge in [0, 0.05) is 12.7 Å². The van der Waals surface area contributed by atoms with E-state index in [4.69, 9.17) is 0 Å². The molecule has 0 aliphatic carbocycles. The van der Waals surface area contributed by atoms with Gasteiger partial charge in [0.15, 0.2) is 0 Å². The van der Waals surface area contributed by atoms with Gasteiger partial charge in [-0.15, -0.1) is 12.4 Å². The molecule has 1 unspecified atom stereocenters. The van der Waals surface area contributed by atoms with Crippen molar-refractivity contribution in [1.82, 2.24) is 20.4 Å². The summed E-state index contributed by atoms with van der Waals surface area (Å²) in [5.41, 5.74) is 2.17. The molecule has 1 aromatic carbocycles. The summed E-state index contributed by atoms with van der Waals surface area (Å²) in [5, 5.41) is 10.6. The third-order valence-electron chi connectivity index (χ3n) is 4.00. The van der Waals surface area contributed by atoms with Gasteiger partial charge >= 0.3 is 0 Å². The zero-order chi connectivity index (χ0) is 15.2. The van der Waals surface area contributed by atoms with Crippen molar-refractivity contribution in [2.75, 3.05) is 13.1 Å². The Hall–Kier alpha value is -1.85. The Bertz CT molecular complexity index is 608. The lowest BCUT2D eigenvalue weighted by Crippen LogP contribution is -2.47. The van der Waals surface area contributed by atoms with E-state index in [0.717, 1.165) is 37.1 Å². The number of carbonyl (C=O) groups is 1. The molecule has 1 aliphatic rings. The van der Waals surface area contributed by atoms with Gasteiger partial charge in [-0.3, -0.25) is 4.79 Å². The fourth-order valence-electron chi connectivity index (χ4n) is 2.74. The van der Waals surface area contributed by atoms with Crippen molar-refractivity contribution in [1.29, 1.82) is 0 Å². The van der Waals surface area contributed by atoms with Crippen molar-refractivity contribution in [3.8, 4) is 5.69 Å². The SMILES string of the molecule is Cl.O=C(NCCc1cnn(-c2ccccc2)c1)C1CCCCN1. The molecule has 3 rings (SSSR count). The number of piperidine rings is 1. The van der Waals surface area contributed by atoms with E-state index in [2.05, 4.69) is 15.7 Å². The van der Waals surface area contributed by atoms with Crippen LogP contribution in [0.3, 0.4) is 0 Å². The maximum absolute atomic E-state index is 12.0. The quantitative estimate of drug-likeness (QED) is 0.880. The summed E-state index contributed by atoms with van der Waals surface area (Å²) < 4.78 is 1.86. The van der Waals surface area contributed by atoms with Crippen molar-refractivity contribution in [3.05, 3.63) is 48.3 Å². The summed E-state index contributed by atoms with van der Waals surface area (Å²) in [7, 11) is 0. The fourth-order valence-corrected chi connectivity index (χ4v) is 2.74. The van der Waals surface area contributed by atoms with Crippen LogP contribution in [-0.2, 0) is 11.2 Å². The first-order chi connectivity index (χ1) is 10.8. The molecular formula is C17H23ClN4O. The molecule has 1 saturated heterocycles. The van der Waals surface area contributed by atoms with Crippen molar-refractivity contribution in [2.24, 2.45) is 0 Å². The molecule has 0 bridgehead atoms. The lowest BCUT2D eigenvalue weighted by atomic mass is 10.0. The third-order valence-corrected chi connectivity index (χ3v) is 4.00. The first kappa shape index (κ1) is 17.5. The molecule has 0 saturated carbocycles. The maximum atomic E-state index is 12.0. The number of halogens is 1. The van der Waals surface area contributed by atoms with Crippen LogP contribution in [0.4, 0.5) is 0 Å². The molecule has 0 spiro atoms. The largest absolute Gasteiger partial charge is 0.354 e. The van der Waals surface area contributed by atoms with Gasteiger partial charge in [-0.25, -0.2) is 4.68 Å². The van der Waals surface area contributed by atoms with Crippen LogP contribution in [0.15, 0.2) is 42.7 Å². The van der Waals surface area contributed by atoms with E-state index in [-0.39, 0.29) is 24.4 Å². The predicted octanol–water partition coefficient (Wildman–Crippen LogP) is 2.09. The topological polar surface area (TPSA) is 59.0 Å². The number of hydrogen-bond acceptors (Lipinski definition) is 3. The number of benzene rings is 1. The van der Waals surface area contributed by atoms with Crippen LogP contribution in [0.25, 0.3) is 5.69 Å². The molecule has 124 valence electrons. The molecule has 1 atom stereocenters. The zero-order valence-corrected chi connectivity index (χ0v) is 13.9. The highest BCUT2D eigenvalue weighted by Gasteiger charge is 2.19. The number of nitrogens with one attached hydrogen (secondary N) is 2. The summed E-state index contributed by atoms with van der Waals surface area (Å²) >= 11 is 0. The van der Waals surface area contributed by atoms with Crippen molar-refractivity contribution in [2.45, 2.75) is 31.7 Å². The minimum absolute atomic E-state index is 0. The summed E-state index contributed by atoms with van der Waals surface area (Å²) in [5.74, 6) is 0.121. The smallest absolute Gasteiger partial charge is 0.237 e.